The van der Waals surface area contributed by atoms with Crippen molar-refractivity contribution < 1.29 is 14.3 Å². The molecule has 0 unspecified atom stereocenters. The molecule has 0 spiro atoms. The Labute approximate surface area is 148 Å². The van der Waals surface area contributed by atoms with Crippen LogP contribution < -0.4 is 15.4 Å². The fraction of sp³-hybridized carbons (Fsp3) is 0.300. The SMILES string of the molecule is CCCCOc1cccc(C(=O)Nc2cccc(NC(=O)CC)c2)c1. The summed E-state index contributed by atoms with van der Waals surface area (Å²) in [6, 6.07) is 14.2. The summed E-state index contributed by atoms with van der Waals surface area (Å²) in [6.07, 6.45) is 2.44. The molecule has 2 aromatic carbocycles. The second-order valence-corrected chi connectivity index (χ2v) is 5.67. The Morgan fingerprint density at radius 1 is 0.960 bits per heavy atom. The van der Waals surface area contributed by atoms with Crippen molar-refractivity contribution in [1.29, 1.82) is 0 Å². The third-order valence-electron chi connectivity index (χ3n) is 3.59. The van der Waals surface area contributed by atoms with E-state index in [2.05, 4.69) is 17.6 Å². The van der Waals surface area contributed by atoms with E-state index in [4.69, 9.17) is 4.74 Å². The molecule has 0 aromatic heterocycles. The highest BCUT2D eigenvalue weighted by Gasteiger charge is 2.08. The first-order valence-electron chi connectivity index (χ1n) is 8.56. The Balaban J connectivity index is 2.03. The maximum atomic E-state index is 12.4. The van der Waals surface area contributed by atoms with Gasteiger partial charge in [0.1, 0.15) is 5.75 Å². The van der Waals surface area contributed by atoms with E-state index in [1.807, 2.05) is 6.07 Å². The number of ether oxygens (including phenoxy) is 1. The lowest BCUT2D eigenvalue weighted by molar-refractivity contribution is -0.115. The number of carbonyl (C=O) groups excluding carboxylic acids is 2. The van der Waals surface area contributed by atoms with Gasteiger partial charge in [-0.25, -0.2) is 0 Å². The monoisotopic (exact) mass is 340 g/mol. The van der Waals surface area contributed by atoms with Crippen molar-refractivity contribution in [2.24, 2.45) is 0 Å². The number of benzene rings is 2. The molecule has 5 heteroatoms. The van der Waals surface area contributed by atoms with Crippen LogP contribution in [0.5, 0.6) is 5.75 Å². The minimum atomic E-state index is -0.222. The number of unbranched alkanes of at least 4 members (excludes halogenated alkanes) is 1. The standard InChI is InChI=1S/C20H24N2O3/c1-3-5-12-25-18-11-6-8-15(13-18)20(24)22-17-10-7-9-16(14-17)21-19(23)4-2/h6-11,13-14H,3-5,12H2,1-2H3,(H,21,23)(H,22,24). The molecule has 0 aliphatic heterocycles. The van der Waals surface area contributed by atoms with Crippen molar-refractivity contribution in [2.45, 2.75) is 33.1 Å². The molecule has 25 heavy (non-hydrogen) atoms. The van der Waals surface area contributed by atoms with Crippen molar-refractivity contribution >= 4 is 23.2 Å². The number of anilines is 2. The van der Waals surface area contributed by atoms with Gasteiger partial charge in [0.2, 0.25) is 5.91 Å². The van der Waals surface area contributed by atoms with Gasteiger partial charge in [-0.3, -0.25) is 9.59 Å². The molecule has 0 fully saturated rings. The zero-order valence-corrected chi connectivity index (χ0v) is 14.7. The van der Waals surface area contributed by atoms with Gasteiger partial charge in [0.15, 0.2) is 0 Å². The normalized spacial score (nSPS) is 10.2. The molecule has 0 aliphatic carbocycles. The molecular formula is C20H24N2O3. The molecule has 0 aliphatic rings. The van der Waals surface area contributed by atoms with Crippen LogP contribution in [0.25, 0.3) is 0 Å². The summed E-state index contributed by atoms with van der Waals surface area (Å²) in [5.41, 5.74) is 1.80. The van der Waals surface area contributed by atoms with Crippen molar-refractivity contribution in [2.75, 3.05) is 17.2 Å². The zero-order valence-electron chi connectivity index (χ0n) is 14.7. The smallest absolute Gasteiger partial charge is 0.255 e. The summed E-state index contributed by atoms with van der Waals surface area (Å²) in [7, 11) is 0. The van der Waals surface area contributed by atoms with Gasteiger partial charge in [0.25, 0.3) is 5.91 Å². The lowest BCUT2D eigenvalue weighted by Gasteiger charge is -2.10. The molecule has 2 N–H and O–H groups in total. The molecule has 0 radical (unpaired) electrons. The maximum Gasteiger partial charge on any atom is 0.255 e. The van der Waals surface area contributed by atoms with Crippen LogP contribution >= 0.6 is 0 Å². The molecule has 2 aromatic rings. The quantitative estimate of drug-likeness (QED) is 0.697. The molecule has 2 amide bonds. The van der Waals surface area contributed by atoms with Crippen LogP contribution in [-0.2, 0) is 4.79 Å². The van der Waals surface area contributed by atoms with Crippen molar-refractivity contribution in [3.63, 3.8) is 0 Å². The minimum Gasteiger partial charge on any atom is -0.494 e. The van der Waals surface area contributed by atoms with E-state index < -0.39 is 0 Å². The predicted molar refractivity (Wildman–Crippen MR) is 100 cm³/mol. The van der Waals surface area contributed by atoms with Gasteiger partial charge in [-0.05, 0) is 42.8 Å². The second kappa shape index (κ2) is 9.47. The lowest BCUT2D eigenvalue weighted by atomic mass is 10.2. The minimum absolute atomic E-state index is 0.0691. The Hall–Kier alpha value is -2.82. The summed E-state index contributed by atoms with van der Waals surface area (Å²) < 4.78 is 5.64. The van der Waals surface area contributed by atoms with Gasteiger partial charge in [-0.1, -0.05) is 32.4 Å². The number of hydrogen-bond acceptors (Lipinski definition) is 3. The van der Waals surface area contributed by atoms with Crippen molar-refractivity contribution in [3.8, 4) is 5.75 Å². The third-order valence-corrected chi connectivity index (χ3v) is 3.59. The Bertz CT molecular complexity index is 728. The molecule has 132 valence electrons. The molecule has 0 heterocycles. The van der Waals surface area contributed by atoms with Crippen LogP contribution in [0.2, 0.25) is 0 Å². The molecule has 0 atom stereocenters. The Morgan fingerprint density at radius 3 is 2.40 bits per heavy atom. The average molecular weight is 340 g/mol. The Kier molecular flexibility index (Phi) is 7.01. The summed E-state index contributed by atoms with van der Waals surface area (Å²) >= 11 is 0. The van der Waals surface area contributed by atoms with E-state index in [1.165, 1.54) is 0 Å². The number of rotatable bonds is 8. The number of carbonyl (C=O) groups is 2. The Morgan fingerprint density at radius 2 is 1.68 bits per heavy atom. The fourth-order valence-electron chi connectivity index (χ4n) is 2.19. The van der Waals surface area contributed by atoms with E-state index in [1.54, 1.807) is 49.4 Å². The average Bonchev–Trinajstić information content (AvgIpc) is 2.62. The molecule has 0 saturated carbocycles. The molecule has 0 saturated heterocycles. The largest absolute Gasteiger partial charge is 0.494 e. The number of amides is 2. The number of hydrogen-bond donors (Lipinski definition) is 2. The molecule has 0 bridgehead atoms. The second-order valence-electron chi connectivity index (χ2n) is 5.67. The van der Waals surface area contributed by atoms with Crippen LogP contribution in [-0.4, -0.2) is 18.4 Å². The predicted octanol–water partition coefficient (Wildman–Crippen LogP) is 4.47. The summed E-state index contributed by atoms with van der Waals surface area (Å²) in [5.74, 6) is 0.394. The first-order valence-corrected chi connectivity index (χ1v) is 8.56. The van der Waals surface area contributed by atoms with Crippen LogP contribution in [0, 0.1) is 0 Å². The van der Waals surface area contributed by atoms with Gasteiger partial charge < -0.3 is 15.4 Å². The van der Waals surface area contributed by atoms with Crippen LogP contribution in [0.15, 0.2) is 48.5 Å². The lowest BCUT2D eigenvalue weighted by Crippen LogP contribution is -2.13. The van der Waals surface area contributed by atoms with Crippen LogP contribution in [0.3, 0.4) is 0 Å². The first-order chi connectivity index (χ1) is 12.1. The van der Waals surface area contributed by atoms with E-state index in [0.29, 0.717) is 35.7 Å². The van der Waals surface area contributed by atoms with Gasteiger partial charge in [-0.2, -0.15) is 0 Å². The molecule has 5 nitrogen and oxygen atoms in total. The van der Waals surface area contributed by atoms with Gasteiger partial charge in [0, 0.05) is 23.4 Å². The highest BCUT2D eigenvalue weighted by molar-refractivity contribution is 6.05. The van der Waals surface area contributed by atoms with E-state index in [9.17, 15) is 9.59 Å². The maximum absolute atomic E-state index is 12.4. The molecular weight excluding hydrogens is 316 g/mol. The van der Waals surface area contributed by atoms with E-state index >= 15 is 0 Å². The highest BCUT2D eigenvalue weighted by Crippen LogP contribution is 2.18. The topological polar surface area (TPSA) is 67.4 Å². The number of nitrogens with one attached hydrogen (secondary N) is 2. The van der Waals surface area contributed by atoms with Crippen molar-refractivity contribution in [1.82, 2.24) is 0 Å². The van der Waals surface area contributed by atoms with Gasteiger partial charge >= 0.3 is 0 Å². The van der Waals surface area contributed by atoms with Crippen LogP contribution in [0.1, 0.15) is 43.5 Å². The third kappa shape index (κ3) is 5.95. The fourth-order valence-corrected chi connectivity index (χ4v) is 2.19. The zero-order chi connectivity index (χ0) is 18.1. The molecule has 2 rings (SSSR count). The van der Waals surface area contributed by atoms with E-state index in [0.717, 1.165) is 12.8 Å². The van der Waals surface area contributed by atoms with Gasteiger partial charge in [-0.15, -0.1) is 0 Å². The highest BCUT2D eigenvalue weighted by atomic mass is 16.5. The summed E-state index contributed by atoms with van der Waals surface area (Å²) in [4.78, 5) is 23.9. The first kappa shape index (κ1) is 18.5. The summed E-state index contributed by atoms with van der Waals surface area (Å²) in [6.45, 7) is 4.53. The van der Waals surface area contributed by atoms with Crippen molar-refractivity contribution in [3.05, 3.63) is 54.1 Å². The van der Waals surface area contributed by atoms with Gasteiger partial charge in [0.05, 0.1) is 6.61 Å². The van der Waals surface area contributed by atoms with E-state index in [-0.39, 0.29) is 11.8 Å². The van der Waals surface area contributed by atoms with Crippen LogP contribution in [0.4, 0.5) is 11.4 Å². The summed E-state index contributed by atoms with van der Waals surface area (Å²) in [5, 5.41) is 5.61.